The fourth-order valence-electron chi connectivity index (χ4n) is 3.99. The number of imide groups is 1. The number of hydrogen-bond acceptors (Lipinski definition) is 3. The molecule has 1 atom stereocenters. The van der Waals surface area contributed by atoms with Gasteiger partial charge in [0.1, 0.15) is 5.60 Å². The number of nitrogens with zero attached hydrogens (tertiary/aromatic N) is 1. The predicted octanol–water partition coefficient (Wildman–Crippen LogP) is 7.46. The first-order valence-corrected chi connectivity index (χ1v) is 12.8. The lowest BCUT2D eigenvalue weighted by Crippen LogP contribution is -2.44. The number of rotatable bonds is 12. The van der Waals surface area contributed by atoms with Crippen molar-refractivity contribution in [3.05, 3.63) is 71.8 Å². The van der Waals surface area contributed by atoms with Crippen molar-refractivity contribution in [3.63, 3.8) is 0 Å². The van der Waals surface area contributed by atoms with Crippen LogP contribution in [0.4, 0.5) is 4.79 Å². The number of carbonyl (C=O) groups excluding carboxylic acids is 2. The molecule has 0 heterocycles. The highest BCUT2D eigenvalue weighted by molar-refractivity contribution is 5.93. The number of benzene rings is 2. The van der Waals surface area contributed by atoms with E-state index in [0.29, 0.717) is 25.3 Å². The average Bonchev–Trinajstić information content (AvgIpc) is 2.81. The molecule has 0 aromatic heterocycles. The zero-order valence-corrected chi connectivity index (χ0v) is 21.8. The minimum atomic E-state index is -0.643. The van der Waals surface area contributed by atoms with Gasteiger partial charge in [0.2, 0.25) is 5.91 Å². The molecular weight excluding hydrogens is 422 g/mol. The molecule has 0 N–H and O–H groups in total. The molecule has 0 saturated carbocycles. The molecule has 0 spiro atoms. The fourth-order valence-corrected chi connectivity index (χ4v) is 3.99. The monoisotopic (exact) mass is 465 g/mol. The Morgan fingerprint density at radius 1 is 0.853 bits per heavy atom. The van der Waals surface area contributed by atoms with Gasteiger partial charge in [-0.3, -0.25) is 4.79 Å². The van der Waals surface area contributed by atoms with E-state index in [9.17, 15) is 9.59 Å². The third-order valence-electron chi connectivity index (χ3n) is 6.25. The number of aryl methyl sites for hydroxylation is 2. The Kier molecular flexibility index (Phi) is 11.3. The zero-order valence-electron chi connectivity index (χ0n) is 21.8. The second-order valence-electron chi connectivity index (χ2n) is 10.4. The third-order valence-corrected chi connectivity index (χ3v) is 6.25. The van der Waals surface area contributed by atoms with Gasteiger partial charge < -0.3 is 4.74 Å². The lowest BCUT2D eigenvalue weighted by molar-refractivity contribution is -0.135. The maximum atomic E-state index is 13.8. The summed E-state index contributed by atoms with van der Waals surface area (Å²) in [5.41, 5.74) is 1.77. The second kappa shape index (κ2) is 13.9. The smallest absolute Gasteiger partial charge is 0.417 e. The summed E-state index contributed by atoms with van der Waals surface area (Å²) in [5, 5.41) is 0. The maximum absolute atomic E-state index is 13.8. The molecule has 0 radical (unpaired) electrons. The third kappa shape index (κ3) is 10.1. The Morgan fingerprint density at radius 3 is 1.79 bits per heavy atom. The molecule has 0 unspecified atom stereocenters. The highest BCUT2D eigenvalue weighted by atomic mass is 16.6. The summed E-state index contributed by atoms with van der Waals surface area (Å²) in [7, 11) is 0. The first-order valence-electron chi connectivity index (χ1n) is 12.8. The van der Waals surface area contributed by atoms with E-state index in [0.717, 1.165) is 32.1 Å². The fraction of sp³-hybridized carbons (Fsp3) is 0.533. The van der Waals surface area contributed by atoms with E-state index in [1.807, 2.05) is 57.2 Å². The van der Waals surface area contributed by atoms with Gasteiger partial charge in [0.25, 0.3) is 0 Å². The molecule has 2 rings (SSSR count). The lowest BCUT2D eigenvalue weighted by atomic mass is 9.91. The van der Waals surface area contributed by atoms with Crippen molar-refractivity contribution in [2.24, 2.45) is 11.8 Å². The standard InChI is InChI=1S/C30H43NO3/c1-6-24(2)14-13-23-31(29(33)34-30(3,4)5)28(32)27(21-19-25-15-9-7-10-16-25)22-20-26-17-11-8-12-18-26/h7-12,15-18,24,27H,6,13-14,19-23H2,1-5H3/t24-/m1/s1. The molecule has 0 fully saturated rings. The van der Waals surface area contributed by atoms with Gasteiger partial charge in [-0.25, -0.2) is 9.69 Å². The van der Waals surface area contributed by atoms with E-state index in [2.05, 4.69) is 38.1 Å². The average molecular weight is 466 g/mol. The minimum absolute atomic E-state index is 0.106. The van der Waals surface area contributed by atoms with Crippen LogP contribution in [0.25, 0.3) is 0 Å². The SMILES string of the molecule is CC[C@@H](C)CCCN(C(=O)OC(C)(C)C)C(=O)C(CCc1ccccc1)CCc1ccccc1. The van der Waals surface area contributed by atoms with Crippen LogP contribution in [0, 0.1) is 11.8 Å². The van der Waals surface area contributed by atoms with Gasteiger partial charge in [-0.2, -0.15) is 0 Å². The summed E-state index contributed by atoms with van der Waals surface area (Å²) >= 11 is 0. The van der Waals surface area contributed by atoms with Gasteiger partial charge in [0, 0.05) is 12.5 Å². The van der Waals surface area contributed by atoms with Crippen LogP contribution in [0.1, 0.15) is 77.8 Å². The Morgan fingerprint density at radius 2 is 1.35 bits per heavy atom. The van der Waals surface area contributed by atoms with Crippen molar-refractivity contribution < 1.29 is 14.3 Å². The Labute approximate surface area is 206 Å². The largest absolute Gasteiger partial charge is 0.443 e. The molecular formula is C30H43NO3. The molecule has 0 aliphatic heterocycles. The number of ether oxygens (including phenoxy) is 1. The molecule has 0 bridgehead atoms. The van der Waals surface area contributed by atoms with Crippen LogP contribution < -0.4 is 0 Å². The summed E-state index contributed by atoms with van der Waals surface area (Å²) in [6, 6.07) is 20.5. The van der Waals surface area contributed by atoms with Crippen LogP contribution >= 0.6 is 0 Å². The first-order chi connectivity index (χ1) is 16.2. The molecule has 186 valence electrons. The molecule has 2 aromatic rings. The number of amides is 2. The molecule has 2 amide bonds. The van der Waals surface area contributed by atoms with Crippen LogP contribution in [0.3, 0.4) is 0 Å². The van der Waals surface area contributed by atoms with Crippen LogP contribution in [0.2, 0.25) is 0 Å². The van der Waals surface area contributed by atoms with Crippen molar-refractivity contribution in [2.45, 2.75) is 85.2 Å². The van der Waals surface area contributed by atoms with Gasteiger partial charge in [0.05, 0.1) is 0 Å². The number of carbonyl (C=O) groups is 2. The van der Waals surface area contributed by atoms with Crippen molar-refractivity contribution in [1.82, 2.24) is 4.90 Å². The highest BCUT2D eigenvalue weighted by Crippen LogP contribution is 2.22. The predicted molar refractivity (Wildman–Crippen MR) is 140 cm³/mol. The quantitative estimate of drug-likeness (QED) is 0.327. The van der Waals surface area contributed by atoms with Crippen molar-refractivity contribution in [3.8, 4) is 0 Å². The van der Waals surface area contributed by atoms with Crippen molar-refractivity contribution in [1.29, 1.82) is 0 Å². The van der Waals surface area contributed by atoms with Gasteiger partial charge >= 0.3 is 6.09 Å². The molecule has 4 heteroatoms. The molecule has 4 nitrogen and oxygen atoms in total. The number of hydrogen-bond donors (Lipinski definition) is 0. The van der Waals surface area contributed by atoms with E-state index in [-0.39, 0.29) is 11.8 Å². The van der Waals surface area contributed by atoms with Crippen LogP contribution in [0.5, 0.6) is 0 Å². The maximum Gasteiger partial charge on any atom is 0.417 e. The molecule has 0 saturated heterocycles. The van der Waals surface area contributed by atoms with Crippen LogP contribution in [0.15, 0.2) is 60.7 Å². The summed E-state index contributed by atoms with van der Waals surface area (Å²) in [6.07, 6.45) is 5.39. The van der Waals surface area contributed by atoms with Crippen molar-refractivity contribution in [2.75, 3.05) is 6.54 Å². The normalized spacial score (nSPS) is 12.4. The topological polar surface area (TPSA) is 46.6 Å². The summed E-state index contributed by atoms with van der Waals surface area (Å²) in [5.74, 6) is 0.226. The van der Waals surface area contributed by atoms with E-state index in [1.54, 1.807) is 0 Å². The van der Waals surface area contributed by atoms with Crippen LogP contribution in [-0.4, -0.2) is 29.0 Å². The van der Waals surface area contributed by atoms with E-state index >= 15 is 0 Å². The van der Waals surface area contributed by atoms with Gasteiger partial charge in [-0.05, 0) is 76.3 Å². The molecule has 0 aliphatic rings. The summed E-state index contributed by atoms with van der Waals surface area (Å²) < 4.78 is 5.65. The molecule has 0 aliphatic carbocycles. The van der Waals surface area contributed by atoms with Gasteiger partial charge in [0.15, 0.2) is 0 Å². The molecule has 2 aromatic carbocycles. The Hall–Kier alpha value is -2.62. The van der Waals surface area contributed by atoms with Gasteiger partial charge in [-0.15, -0.1) is 0 Å². The van der Waals surface area contributed by atoms with E-state index in [4.69, 9.17) is 4.74 Å². The Bertz CT molecular complexity index is 814. The highest BCUT2D eigenvalue weighted by Gasteiger charge is 2.31. The van der Waals surface area contributed by atoms with Crippen molar-refractivity contribution >= 4 is 12.0 Å². The molecule has 34 heavy (non-hydrogen) atoms. The second-order valence-corrected chi connectivity index (χ2v) is 10.4. The van der Waals surface area contributed by atoms with E-state index < -0.39 is 11.7 Å². The first kappa shape index (κ1) is 27.6. The van der Waals surface area contributed by atoms with E-state index in [1.165, 1.54) is 16.0 Å². The zero-order chi connectivity index (χ0) is 25.0. The Balaban J connectivity index is 2.18. The summed E-state index contributed by atoms with van der Waals surface area (Å²) in [6.45, 7) is 10.3. The van der Waals surface area contributed by atoms with Gasteiger partial charge in [-0.1, -0.05) is 80.9 Å². The minimum Gasteiger partial charge on any atom is -0.443 e. The van der Waals surface area contributed by atoms with Crippen LogP contribution in [-0.2, 0) is 22.4 Å². The summed E-state index contributed by atoms with van der Waals surface area (Å²) in [4.78, 5) is 28.2. The lowest BCUT2D eigenvalue weighted by Gasteiger charge is -2.29.